The second-order valence-electron chi connectivity index (χ2n) is 6.96. The molecule has 1 heterocycles. The van der Waals surface area contributed by atoms with Crippen molar-refractivity contribution in [1.82, 2.24) is 4.90 Å². The first kappa shape index (κ1) is 20.1. The Hall–Kier alpha value is -2.67. The van der Waals surface area contributed by atoms with Gasteiger partial charge in [0.15, 0.2) is 0 Å². The number of anilines is 2. The largest absolute Gasteiger partial charge is 0.336 e. The molecule has 0 radical (unpaired) electrons. The molecule has 2 aromatic rings. The zero-order chi connectivity index (χ0) is 20.3. The summed E-state index contributed by atoms with van der Waals surface area (Å²) in [5.41, 5.74) is 2.55. The van der Waals surface area contributed by atoms with Crippen molar-refractivity contribution < 1.29 is 14.4 Å². The van der Waals surface area contributed by atoms with Gasteiger partial charge >= 0.3 is 0 Å². The minimum atomic E-state index is -0.449. The third-order valence-electron chi connectivity index (χ3n) is 4.72. The molecule has 7 heteroatoms. The van der Waals surface area contributed by atoms with E-state index in [1.165, 1.54) is 4.90 Å². The molecule has 1 saturated heterocycles. The summed E-state index contributed by atoms with van der Waals surface area (Å²) in [6.45, 7) is 2.24. The highest BCUT2D eigenvalue weighted by Gasteiger charge is 2.36. The summed E-state index contributed by atoms with van der Waals surface area (Å²) in [6.07, 6.45) is 0.156. The Morgan fingerprint density at radius 1 is 1.18 bits per heavy atom. The van der Waals surface area contributed by atoms with Crippen LogP contribution in [0, 0.1) is 12.8 Å². The molecule has 0 bridgehead atoms. The van der Waals surface area contributed by atoms with Gasteiger partial charge in [-0.3, -0.25) is 14.4 Å². The van der Waals surface area contributed by atoms with Crippen LogP contribution in [0.4, 0.5) is 11.4 Å². The van der Waals surface area contributed by atoms with Crippen molar-refractivity contribution in [1.29, 1.82) is 0 Å². The van der Waals surface area contributed by atoms with E-state index in [0.717, 1.165) is 15.7 Å². The maximum absolute atomic E-state index is 12.7. The summed E-state index contributed by atoms with van der Waals surface area (Å²) in [5, 5.41) is 2.78. The minimum absolute atomic E-state index is 0.0740. The van der Waals surface area contributed by atoms with Crippen LogP contribution in [0.1, 0.15) is 12.0 Å². The molecular formula is C21H22BrN3O3. The maximum Gasteiger partial charge on any atom is 0.244 e. The van der Waals surface area contributed by atoms with Gasteiger partial charge in [-0.2, -0.15) is 0 Å². The highest BCUT2D eigenvalue weighted by atomic mass is 79.9. The van der Waals surface area contributed by atoms with Crippen molar-refractivity contribution in [3.05, 3.63) is 58.6 Å². The van der Waals surface area contributed by atoms with Gasteiger partial charge in [0.25, 0.3) is 0 Å². The van der Waals surface area contributed by atoms with Gasteiger partial charge in [0, 0.05) is 30.2 Å². The van der Waals surface area contributed by atoms with E-state index in [4.69, 9.17) is 0 Å². The molecule has 0 aliphatic carbocycles. The smallest absolute Gasteiger partial charge is 0.244 e. The lowest BCUT2D eigenvalue weighted by Crippen LogP contribution is -2.39. The molecule has 3 rings (SSSR count). The van der Waals surface area contributed by atoms with Gasteiger partial charge in [0.2, 0.25) is 17.7 Å². The molecule has 0 saturated carbocycles. The van der Waals surface area contributed by atoms with Crippen LogP contribution >= 0.6 is 15.9 Å². The molecule has 1 fully saturated rings. The number of para-hydroxylation sites is 1. The van der Waals surface area contributed by atoms with Crippen molar-refractivity contribution in [3.63, 3.8) is 0 Å². The average Bonchev–Trinajstić information content (AvgIpc) is 3.05. The van der Waals surface area contributed by atoms with Gasteiger partial charge < -0.3 is 15.1 Å². The van der Waals surface area contributed by atoms with Crippen molar-refractivity contribution in [3.8, 4) is 0 Å². The summed E-state index contributed by atoms with van der Waals surface area (Å²) in [5.74, 6) is -1.02. The molecule has 0 spiro atoms. The molecule has 6 nitrogen and oxygen atoms in total. The van der Waals surface area contributed by atoms with E-state index in [1.807, 2.05) is 49.4 Å². The summed E-state index contributed by atoms with van der Waals surface area (Å²) in [7, 11) is 1.58. The molecular weight excluding hydrogens is 422 g/mol. The standard InChI is InChI=1S/C21H22BrN3O3/c1-14-7-9-16(10-8-14)25-12-15(11-20(25)27)21(28)24(2)13-19(26)23-18-6-4-3-5-17(18)22/h3-10,15H,11-13H2,1-2H3,(H,23,26). The quantitative estimate of drug-likeness (QED) is 0.770. The molecule has 1 aliphatic rings. The zero-order valence-corrected chi connectivity index (χ0v) is 17.4. The number of amides is 3. The van der Waals surface area contributed by atoms with E-state index in [1.54, 1.807) is 18.0 Å². The lowest BCUT2D eigenvalue weighted by molar-refractivity contribution is -0.137. The Morgan fingerprint density at radius 3 is 2.54 bits per heavy atom. The van der Waals surface area contributed by atoms with Crippen LogP contribution in [-0.4, -0.2) is 42.8 Å². The highest BCUT2D eigenvalue weighted by Crippen LogP contribution is 2.26. The summed E-state index contributed by atoms with van der Waals surface area (Å²) in [6, 6.07) is 14.9. The van der Waals surface area contributed by atoms with Crippen LogP contribution in [0.5, 0.6) is 0 Å². The Balaban J connectivity index is 1.59. The molecule has 3 amide bonds. The molecule has 1 N–H and O–H groups in total. The number of halogens is 1. The maximum atomic E-state index is 12.7. The monoisotopic (exact) mass is 443 g/mol. The number of aryl methyl sites for hydroxylation is 1. The molecule has 1 atom stereocenters. The minimum Gasteiger partial charge on any atom is -0.336 e. The first-order chi connectivity index (χ1) is 13.3. The van der Waals surface area contributed by atoms with E-state index >= 15 is 0 Å². The van der Waals surface area contributed by atoms with E-state index in [-0.39, 0.29) is 30.7 Å². The first-order valence-corrected chi connectivity index (χ1v) is 9.81. The molecule has 28 heavy (non-hydrogen) atoms. The first-order valence-electron chi connectivity index (χ1n) is 9.01. The number of carbonyl (C=O) groups excluding carboxylic acids is 3. The van der Waals surface area contributed by atoms with Crippen LogP contribution in [0.2, 0.25) is 0 Å². The van der Waals surface area contributed by atoms with E-state index in [0.29, 0.717) is 12.2 Å². The molecule has 1 aliphatic heterocycles. The Labute approximate surface area is 172 Å². The predicted molar refractivity (Wildman–Crippen MR) is 112 cm³/mol. The van der Waals surface area contributed by atoms with Gasteiger partial charge in [-0.15, -0.1) is 0 Å². The van der Waals surface area contributed by atoms with Crippen LogP contribution in [0.15, 0.2) is 53.0 Å². The van der Waals surface area contributed by atoms with Crippen molar-refractivity contribution in [2.24, 2.45) is 5.92 Å². The number of benzene rings is 2. The summed E-state index contributed by atoms with van der Waals surface area (Å²) in [4.78, 5) is 40.4. The van der Waals surface area contributed by atoms with Crippen molar-refractivity contribution in [2.75, 3.05) is 30.4 Å². The number of hydrogen-bond donors (Lipinski definition) is 1. The number of nitrogens with one attached hydrogen (secondary N) is 1. The number of rotatable bonds is 5. The second kappa shape index (κ2) is 8.56. The van der Waals surface area contributed by atoms with Gasteiger partial charge in [0.05, 0.1) is 18.2 Å². The molecule has 2 aromatic carbocycles. The second-order valence-corrected chi connectivity index (χ2v) is 7.82. The molecule has 146 valence electrons. The van der Waals surface area contributed by atoms with E-state index < -0.39 is 5.92 Å². The van der Waals surface area contributed by atoms with Crippen molar-refractivity contribution in [2.45, 2.75) is 13.3 Å². The average molecular weight is 444 g/mol. The molecule has 1 unspecified atom stereocenters. The van der Waals surface area contributed by atoms with E-state index in [9.17, 15) is 14.4 Å². The Bertz CT molecular complexity index is 898. The van der Waals surface area contributed by atoms with Crippen molar-refractivity contribution >= 4 is 45.0 Å². The van der Waals surface area contributed by atoms with Crippen LogP contribution in [-0.2, 0) is 14.4 Å². The van der Waals surface area contributed by atoms with Gasteiger partial charge in [-0.25, -0.2) is 0 Å². The lowest BCUT2D eigenvalue weighted by Gasteiger charge is -2.21. The van der Waals surface area contributed by atoms with Crippen LogP contribution in [0.25, 0.3) is 0 Å². The third-order valence-corrected chi connectivity index (χ3v) is 5.42. The van der Waals surface area contributed by atoms with Crippen LogP contribution < -0.4 is 10.2 Å². The highest BCUT2D eigenvalue weighted by molar-refractivity contribution is 9.10. The fraction of sp³-hybridized carbons (Fsp3) is 0.286. The summed E-state index contributed by atoms with van der Waals surface area (Å²) < 4.78 is 0.771. The lowest BCUT2D eigenvalue weighted by atomic mass is 10.1. The fourth-order valence-electron chi connectivity index (χ4n) is 3.20. The van der Waals surface area contributed by atoms with Gasteiger partial charge in [-0.1, -0.05) is 29.8 Å². The van der Waals surface area contributed by atoms with Gasteiger partial charge in [0.1, 0.15) is 0 Å². The Morgan fingerprint density at radius 2 is 1.86 bits per heavy atom. The fourth-order valence-corrected chi connectivity index (χ4v) is 3.59. The van der Waals surface area contributed by atoms with Gasteiger partial charge in [-0.05, 0) is 47.1 Å². The number of nitrogens with zero attached hydrogens (tertiary/aromatic N) is 2. The normalized spacial score (nSPS) is 16.2. The molecule has 0 aromatic heterocycles. The summed E-state index contributed by atoms with van der Waals surface area (Å²) >= 11 is 3.38. The topological polar surface area (TPSA) is 69.7 Å². The predicted octanol–water partition coefficient (Wildman–Crippen LogP) is 3.21. The Kier molecular flexibility index (Phi) is 6.14. The third kappa shape index (κ3) is 4.59. The number of likely N-dealkylation sites (N-methyl/N-ethyl adjacent to an activating group) is 1. The van der Waals surface area contributed by atoms with Crippen LogP contribution in [0.3, 0.4) is 0 Å². The number of hydrogen-bond acceptors (Lipinski definition) is 3. The van der Waals surface area contributed by atoms with E-state index in [2.05, 4.69) is 21.2 Å². The SMILES string of the molecule is Cc1ccc(N2CC(C(=O)N(C)CC(=O)Nc3ccccc3Br)CC2=O)cc1. The zero-order valence-electron chi connectivity index (χ0n) is 15.8. The number of carbonyl (C=O) groups is 3.